The van der Waals surface area contributed by atoms with Crippen LogP contribution in [-0.4, -0.2) is 65.4 Å². The third kappa shape index (κ3) is 4.68. The number of carbonyl (C=O) groups excluding carboxylic acids is 1. The van der Waals surface area contributed by atoms with Crippen LogP contribution < -0.4 is 9.47 Å². The van der Waals surface area contributed by atoms with Crippen LogP contribution in [0.5, 0.6) is 11.5 Å². The SMILES string of the molecule is Cc1ccc(-c2noc(CCCN3CCN(C(=O)c4ccc5c(c4)OCO5)CC3)n2)cc1F. The molecule has 1 saturated heterocycles. The molecule has 0 saturated carbocycles. The first-order chi connectivity index (χ1) is 16.1. The zero-order chi connectivity index (χ0) is 22.8. The van der Waals surface area contributed by atoms with Crippen molar-refractivity contribution in [1.29, 1.82) is 0 Å². The van der Waals surface area contributed by atoms with Gasteiger partial charge in [0.05, 0.1) is 0 Å². The van der Waals surface area contributed by atoms with Crippen molar-refractivity contribution in [2.75, 3.05) is 39.5 Å². The number of aryl methyl sites for hydroxylation is 2. The Labute approximate surface area is 190 Å². The molecule has 1 amide bonds. The maximum Gasteiger partial charge on any atom is 0.254 e. The van der Waals surface area contributed by atoms with E-state index < -0.39 is 0 Å². The number of amides is 1. The summed E-state index contributed by atoms with van der Waals surface area (Å²) < 4.78 is 29.8. The molecule has 3 aromatic rings. The molecule has 1 fully saturated rings. The Morgan fingerprint density at radius 1 is 1.06 bits per heavy atom. The average molecular weight is 452 g/mol. The van der Waals surface area contributed by atoms with Gasteiger partial charge in [0.1, 0.15) is 5.82 Å². The van der Waals surface area contributed by atoms with Gasteiger partial charge in [0, 0.05) is 43.7 Å². The first-order valence-corrected chi connectivity index (χ1v) is 11.1. The summed E-state index contributed by atoms with van der Waals surface area (Å²) in [5, 5.41) is 3.98. The highest BCUT2D eigenvalue weighted by atomic mass is 19.1. The van der Waals surface area contributed by atoms with E-state index in [4.69, 9.17) is 14.0 Å². The fourth-order valence-corrected chi connectivity index (χ4v) is 4.05. The van der Waals surface area contributed by atoms with E-state index in [0.717, 1.165) is 26.1 Å². The Balaban J connectivity index is 1.08. The molecule has 2 aliphatic rings. The summed E-state index contributed by atoms with van der Waals surface area (Å²) in [6, 6.07) is 10.2. The molecule has 0 spiro atoms. The average Bonchev–Trinajstić information content (AvgIpc) is 3.50. The van der Waals surface area contributed by atoms with Gasteiger partial charge in [-0.25, -0.2) is 4.39 Å². The fraction of sp³-hybridized carbons (Fsp3) is 0.375. The number of carbonyl (C=O) groups is 1. The van der Waals surface area contributed by atoms with E-state index in [1.807, 2.05) is 4.90 Å². The van der Waals surface area contributed by atoms with Crippen LogP contribution in [0.2, 0.25) is 0 Å². The zero-order valence-corrected chi connectivity index (χ0v) is 18.4. The summed E-state index contributed by atoms with van der Waals surface area (Å²) in [5.41, 5.74) is 1.81. The number of ether oxygens (including phenoxy) is 2. The van der Waals surface area contributed by atoms with E-state index in [2.05, 4.69) is 15.0 Å². The molecule has 0 bridgehead atoms. The molecule has 5 rings (SSSR count). The van der Waals surface area contributed by atoms with Crippen molar-refractivity contribution in [3.8, 4) is 22.9 Å². The number of aromatic nitrogens is 2. The van der Waals surface area contributed by atoms with Crippen molar-refractivity contribution in [2.45, 2.75) is 19.8 Å². The fourth-order valence-electron chi connectivity index (χ4n) is 4.05. The number of hydrogen-bond acceptors (Lipinski definition) is 7. The topological polar surface area (TPSA) is 80.9 Å². The summed E-state index contributed by atoms with van der Waals surface area (Å²) in [4.78, 5) is 21.4. The Kier molecular flexibility index (Phi) is 5.95. The molecule has 0 radical (unpaired) electrons. The van der Waals surface area contributed by atoms with Crippen molar-refractivity contribution in [2.24, 2.45) is 0 Å². The maximum atomic E-state index is 13.8. The molecule has 0 N–H and O–H groups in total. The lowest BCUT2D eigenvalue weighted by atomic mass is 10.1. The molecule has 0 aliphatic carbocycles. The van der Waals surface area contributed by atoms with E-state index in [9.17, 15) is 9.18 Å². The van der Waals surface area contributed by atoms with Gasteiger partial charge in [-0.3, -0.25) is 9.69 Å². The van der Waals surface area contributed by atoms with Crippen LogP contribution in [-0.2, 0) is 6.42 Å². The first-order valence-electron chi connectivity index (χ1n) is 11.1. The maximum absolute atomic E-state index is 13.8. The number of rotatable bonds is 6. The van der Waals surface area contributed by atoms with Gasteiger partial charge in [-0.05, 0) is 49.7 Å². The number of fused-ring (bicyclic) bond motifs is 1. The van der Waals surface area contributed by atoms with Gasteiger partial charge >= 0.3 is 0 Å². The zero-order valence-electron chi connectivity index (χ0n) is 18.4. The molecule has 172 valence electrons. The standard InChI is InChI=1S/C24H25FN4O4/c1-16-4-5-17(13-19(16)25)23-26-22(33-27-23)3-2-8-28-9-11-29(12-10-28)24(30)18-6-7-20-21(14-18)32-15-31-20/h4-7,13-14H,2-3,8-12,15H2,1H3. The second-order valence-corrected chi connectivity index (χ2v) is 8.28. The molecular formula is C24H25FN4O4. The quantitative estimate of drug-likeness (QED) is 0.568. The molecule has 2 aromatic carbocycles. The molecular weight excluding hydrogens is 427 g/mol. The Morgan fingerprint density at radius 2 is 1.88 bits per heavy atom. The highest BCUT2D eigenvalue weighted by Gasteiger charge is 2.24. The molecule has 33 heavy (non-hydrogen) atoms. The Hall–Kier alpha value is -3.46. The van der Waals surface area contributed by atoms with Gasteiger partial charge in [0.15, 0.2) is 11.5 Å². The first kappa shape index (κ1) is 21.4. The Bertz CT molecular complexity index is 1160. The second-order valence-electron chi connectivity index (χ2n) is 8.28. The summed E-state index contributed by atoms with van der Waals surface area (Å²) >= 11 is 0. The lowest BCUT2D eigenvalue weighted by Gasteiger charge is -2.34. The highest BCUT2D eigenvalue weighted by molar-refractivity contribution is 5.95. The summed E-state index contributed by atoms with van der Waals surface area (Å²) in [6.07, 6.45) is 1.51. The number of hydrogen-bond donors (Lipinski definition) is 0. The molecule has 1 aromatic heterocycles. The lowest BCUT2D eigenvalue weighted by Crippen LogP contribution is -2.48. The predicted octanol–water partition coefficient (Wildman–Crippen LogP) is 3.30. The minimum absolute atomic E-state index is 0.0129. The van der Waals surface area contributed by atoms with Crippen molar-refractivity contribution < 1.29 is 23.2 Å². The van der Waals surface area contributed by atoms with Gasteiger partial charge < -0.3 is 18.9 Å². The lowest BCUT2D eigenvalue weighted by molar-refractivity contribution is 0.0635. The van der Waals surface area contributed by atoms with Gasteiger partial charge in [-0.15, -0.1) is 0 Å². The van der Waals surface area contributed by atoms with Gasteiger partial charge in [0.25, 0.3) is 5.91 Å². The Morgan fingerprint density at radius 3 is 2.70 bits per heavy atom. The van der Waals surface area contributed by atoms with E-state index in [1.54, 1.807) is 37.3 Å². The van der Waals surface area contributed by atoms with Crippen molar-refractivity contribution >= 4 is 5.91 Å². The van der Waals surface area contributed by atoms with Crippen molar-refractivity contribution in [3.63, 3.8) is 0 Å². The number of benzene rings is 2. The van der Waals surface area contributed by atoms with Crippen molar-refractivity contribution in [1.82, 2.24) is 19.9 Å². The molecule has 9 heteroatoms. The molecule has 8 nitrogen and oxygen atoms in total. The van der Waals surface area contributed by atoms with E-state index in [1.165, 1.54) is 6.07 Å². The summed E-state index contributed by atoms with van der Waals surface area (Å²) in [5.74, 6) is 1.97. The van der Waals surface area contributed by atoms with Crippen LogP contribution in [0, 0.1) is 12.7 Å². The van der Waals surface area contributed by atoms with Crippen molar-refractivity contribution in [3.05, 3.63) is 59.2 Å². The van der Waals surface area contributed by atoms with E-state index in [0.29, 0.717) is 59.4 Å². The third-order valence-corrected chi connectivity index (χ3v) is 6.04. The van der Waals surface area contributed by atoms with Crippen LogP contribution in [0.1, 0.15) is 28.2 Å². The molecule has 2 aliphatic heterocycles. The molecule has 0 unspecified atom stereocenters. The minimum Gasteiger partial charge on any atom is -0.454 e. The smallest absolute Gasteiger partial charge is 0.254 e. The van der Waals surface area contributed by atoms with Crippen LogP contribution in [0.3, 0.4) is 0 Å². The minimum atomic E-state index is -0.282. The van der Waals surface area contributed by atoms with Gasteiger partial charge in [-0.2, -0.15) is 4.98 Å². The van der Waals surface area contributed by atoms with E-state index in [-0.39, 0.29) is 18.5 Å². The number of halogens is 1. The third-order valence-electron chi connectivity index (χ3n) is 6.04. The van der Waals surface area contributed by atoms with Gasteiger partial charge in [0.2, 0.25) is 18.5 Å². The second kappa shape index (κ2) is 9.19. The number of nitrogens with zero attached hydrogens (tertiary/aromatic N) is 4. The molecule has 0 atom stereocenters. The molecule has 3 heterocycles. The van der Waals surface area contributed by atoms with E-state index >= 15 is 0 Å². The summed E-state index contributed by atoms with van der Waals surface area (Å²) in [6.45, 7) is 5.77. The largest absolute Gasteiger partial charge is 0.454 e. The predicted molar refractivity (Wildman–Crippen MR) is 118 cm³/mol. The number of piperazine rings is 1. The van der Waals surface area contributed by atoms with Gasteiger partial charge in [-0.1, -0.05) is 17.3 Å². The monoisotopic (exact) mass is 452 g/mol. The summed E-state index contributed by atoms with van der Waals surface area (Å²) in [7, 11) is 0. The van der Waals surface area contributed by atoms with Crippen LogP contribution >= 0.6 is 0 Å². The normalized spacial score (nSPS) is 15.8. The van der Waals surface area contributed by atoms with Crippen LogP contribution in [0.15, 0.2) is 40.9 Å². The van der Waals surface area contributed by atoms with Crippen LogP contribution in [0.4, 0.5) is 4.39 Å². The van der Waals surface area contributed by atoms with Crippen LogP contribution in [0.25, 0.3) is 11.4 Å². The highest BCUT2D eigenvalue weighted by Crippen LogP contribution is 2.32.